The number of nitrogens with one attached hydrogen (secondary N) is 1. The summed E-state index contributed by atoms with van der Waals surface area (Å²) in [5, 5.41) is 2.95. The van der Waals surface area contributed by atoms with Crippen molar-refractivity contribution in [3.63, 3.8) is 0 Å². The Morgan fingerprint density at radius 3 is 2.19 bits per heavy atom. The molecule has 0 fully saturated rings. The van der Waals surface area contributed by atoms with Crippen molar-refractivity contribution in [1.82, 2.24) is 10.2 Å². The van der Waals surface area contributed by atoms with Crippen LogP contribution in [-0.4, -0.2) is 30.5 Å². The Morgan fingerprint density at radius 1 is 0.962 bits per heavy atom. The summed E-state index contributed by atoms with van der Waals surface area (Å²) >= 11 is 0. The van der Waals surface area contributed by atoms with Gasteiger partial charge in [-0.3, -0.25) is 9.69 Å². The van der Waals surface area contributed by atoms with E-state index in [1.54, 1.807) is 0 Å². The van der Waals surface area contributed by atoms with Gasteiger partial charge in [-0.05, 0) is 43.3 Å². The first kappa shape index (κ1) is 20.0. The Kier molecular flexibility index (Phi) is 8.16. The molecule has 0 aromatic heterocycles. The lowest BCUT2D eigenvalue weighted by molar-refractivity contribution is -0.121. The Labute approximate surface area is 157 Å². The number of hydrogen-bond acceptors (Lipinski definition) is 3. The molecular weight excluding hydrogens is 324 g/mol. The molecule has 0 atom stereocenters. The normalized spacial score (nSPS) is 10.8. The minimum atomic E-state index is 0.00401. The lowest BCUT2D eigenvalue weighted by atomic mass is 10.1. The highest BCUT2D eigenvalue weighted by Crippen LogP contribution is 2.11. The minimum absolute atomic E-state index is 0.00401. The van der Waals surface area contributed by atoms with Gasteiger partial charge in [0.25, 0.3) is 0 Å². The second-order valence-electron chi connectivity index (χ2n) is 6.47. The molecular formula is C22H30N2O2. The van der Waals surface area contributed by atoms with Crippen molar-refractivity contribution in [2.75, 3.05) is 19.7 Å². The van der Waals surface area contributed by atoms with Crippen LogP contribution in [0.3, 0.4) is 0 Å². The second kappa shape index (κ2) is 10.6. The summed E-state index contributed by atoms with van der Waals surface area (Å²) in [5.41, 5.74) is 3.61. The number of amides is 1. The van der Waals surface area contributed by atoms with Crippen LogP contribution in [-0.2, 0) is 17.9 Å². The lowest BCUT2D eigenvalue weighted by Crippen LogP contribution is -2.24. The van der Waals surface area contributed by atoms with Gasteiger partial charge in [0.15, 0.2) is 0 Å². The van der Waals surface area contributed by atoms with Gasteiger partial charge in [0, 0.05) is 13.1 Å². The van der Waals surface area contributed by atoms with E-state index in [9.17, 15) is 4.79 Å². The monoisotopic (exact) mass is 354 g/mol. The van der Waals surface area contributed by atoms with Gasteiger partial charge in [-0.15, -0.1) is 0 Å². The van der Waals surface area contributed by atoms with Gasteiger partial charge >= 0.3 is 0 Å². The molecule has 140 valence electrons. The SMILES string of the molecule is CCN(CC)Cc1ccc(CNC(=O)CCOc2ccc(C)cc2)cc1. The van der Waals surface area contributed by atoms with E-state index >= 15 is 0 Å². The van der Waals surface area contributed by atoms with Gasteiger partial charge < -0.3 is 10.1 Å². The summed E-state index contributed by atoms with van der Waals surface area (Å²) in [5.74, 6) is 0.802. The minimum Gasteiger partial charge on any atom is -0.493 e. The van der Waals surface area contributed by atoms with Gasteiger partial charge in [-0.1, -0.05) is 55.8 Å². The van der Waals surface area contributed by atoms with Crippen LogP contribution in [0, 0.1) is 6.92 Å². The van der Waals surface area contributed by atoms with Crippen LogP contribution in [0.4, 0.5) is 0 Å². The Morgan fingerprint density at radius 2 is 1.58 bits per heavy atom. The first-order chi connectivity index (χ1) is 12.6. The van der Waals surface area contributed by atoms with Crippen LogP contribution in [0.5, 0.6) is 5.75 Å². The average molecular weight is 354 g/mol. The largest absolute Gasteiger partial charge is 0.493 e. The van der Waals surface area contributed by atoms with E-state index < -0.39 is 0 Å². The molecule has 26 heavy (non-hydrogen) atoms. The summed E-state index contributed by atoms with van der Waals surface area (Å²) < 4.78 is 5.59. The lowest BCUT2D eigenvalue weighted by Gasteiger charge is -2.18. The summed E-state index contributed by atoms with van der Waals surface area (Å²) in [7, 11) is 0. The molecule has 2 aromatic rings. The number of rotatable bonds is 10. The van der Waals surface area contributed by atoms with Crippen molar-refractivity contribution < 1.29 is 9.53 Å². The third-order valence-electron chi connectivity index (χ3n) is 4.43. The number of carbonyl (C=O) groups is 1. The molecule has 0 saturated carbocycles. The van der Waals surface area contributed by atoms with Gasteiger partial charge in [0.05, 0.1) is 13.0 Å². The maximum Gasteiger partial charge on any atom is 0.223 e. The molecule has 0 bridgehead atoms. The zero-order valence-corrected chi connectivity index (χ0v) is 16.1. The van der Waals surface area contributed by atoms with Crippen molar-refractivity contribution in [2.24, 2.45) is 0 Å². The van der Waals surface area contributed by atoms with Crippen LogP contribution in [0.25, 0.3) is 0 Å². The van der Waals surface area contributed by atoms with Gasteiger partial charge in [-0.2, -0.15) is 0 Å². The third kappa shape index (κ3) is 6.89. The average Bonchev–Trinajstić information content (AvgIpc) is 2.67. The van der Waals surface area contributed by atoms with Crippen LogP contribution in [0.15, 0.2) is 48.5 Å². The molecule has 0 heterocycles. The van der Waals surface area contributed by atoms with Gasteiger partial charge in [0.1, 0.15) is 5.75 Å². The maximum atomic E-state index is 12.0. The van der Waals surface area contributed by atoms with Gasteiger partial charge in [0.2, 0.25) is 5.91 Å². The quantitative estimate of drug-likeness (QED) is 0.703. The number of carbonyl (C=O) groups excluding carboxylic acids is 1. The van der Waals surface area contributed by atoms with Crippen LogP contribution >= 0.6 is 0 Å². The molecule has 4 heteroatoms. The molecule has 0 saturated heterocycles. The van der Waals surface area contributed by atoms with Crippen LogP contribution in [0.2, 0.25) is 0 Å². The molecule has 0 aliphatic carbocycles. The van der Waals surface area contributed by atoms with Crippen LogP contribution in [0.1, 0.15) is 37.0 Å². The topological polar surface area (TPSA) is 41.6 Å². The number of hydrogen-bond donors (Lipinski definition) is 1. The number of aryl methyl sites for hydroxylation is 1. The predicted octanol–water partition coefficient (Wildman–Crippen LogP) is 3.92. The van der Waals surface area contributed by atoms with E-state index in [4.69, 9.17) is 4.74 Å². The van der Waals surface area contributed by atoms with E-state index in [1.807, 2.05) is 31.2 Å². The van der Waals surface area contributed by atoms with Crippen molar-refractivity contribution >= 4 is 5.91 Å². The molecule has 4 nitrogen and oxygen atoms in total. The fourth-order valence-electron chi connectivity index (χ4n) is 2.65. The van der Waals surface area contributed by atoms with Crippen molar-refractivity contribution in [3.8, 4) is 5.75 Å². The number of ether oxygens (including phenoxy) is 1. The molecule has 1 N–H and O–H groups in total. The Hall–Kier alpha value is -2.33. The highest BCUT2D eigenvalue weighted by molar-refractivity contribution is 5.76. The summed E-state index contributed by atoms with van der Waals surface area (Å²) in [6.45, 7) is 10.4. The smallest absolute Gasteiger partial charge is 0.223 e. The van der Waals surface area contributed by atoms with Crippen molar-refractivity contribution in [1.29, 1.82) is 0 Å². The predicted molar refractivity (Wildman–Crippen MR) is 106 cm³/mol. The number of nitrogens with zero attached hydrogens (tertiary/aromatic N) is 1. The Bertz CT molecular complexity index is 662. The molecule has 0 aliphatic heterocycles. The molecule has 0 radical (unpaired) electrons. The first-order valence-corrected chi connectivity index (χ1v) is 9.37. The third-order valence-corrected chi connectivity index (χ3v) is 4.43. The molecule has 0 aliphatic rings. The zero-order valence-electron chi connectivity index (χ0n) is 16.1. The van der Waals surface area contributed by atoms with Gasteiger partial charge in [-0.25, -0.2) is 0 Å². The molecule has 1 amide bonds. The van der Waals surface area contributed by atoms with Crippen molar-refractivity contribution in [2.45, 2.75) is 40.3 Å². The number of benzene rings is 2. The van der Waals surface area contributed by atoms with E-state index in [-0.39, 0.29) is 5.91 Å². The second-order valence-corrected chi connectivity index (χ2v) is 6.47. The summed E-state index contributed by atoms with van der Waals surface area (Å²) in [6, 6.07) is 16.3. The highest BCUT2D eigenvalue weighted by atomic mass is 16.5. The summed E-state index contributed by atoms with van der Waals surface area (Å²) in [6.07, 6.45) is 0.355. The first-order valence-electron chi connectivity index (χ1n) is 9.37. The highest BCUT2D eigenvalue weighted by Gasteiger charge is 2.04. The maximum absolute atomic E-state index is 12.0. The standard InChI is InChI=1S/C22H30N2O2/c1-4-24(5-2)17-20-10-8-19(9-11-20)16-23-22(25)14-15-26-21-12-6-18(3)7-13-21/h6-13H,4-5,14-17H2,1-3H3,(H,23,25). The molecule has 0 unspecified atom stereocenters. The van der Waals surface area contributed by atoms with E-state index in [1.165, 1.54) is 11.1 Å². The van der Waals surface area contributed by atoms with E-state index in [0.29, 0.717) is 19.6 Å². The fourth-order valence-corrected chi connectivity index (χ4v) is 2.65. The van der Waals surface area contributed by atoms with E-state index in [0.717, 1.165) is 30.9 Å². The zero-order chi connectivity index (χ0) is 18.8. The Balaban J connectivity index is 1.69. The molecule has 2 rings (SSSR count). The van der Waals surface area contributed by atoms with Crippen LogP contribution < -0.4 is 10.1 Å². The van der Waals surface area contributed by atoms with Crippen molar-refractivity contribution in [3.05, 3.63) is 65.2 Å². The van der Waals surface area contributed by atoms with E-state index in [2.05, 4.69) is 48.3 Å². The fraction of sp³-hybridized carbons (Fsp3) is 0.409. The molecule has 2 aromatic carbocycles. The summed E-state index contributed by atoms with van der Waals surface area (Å²) in [4.78, 5) is 14.3. The molecule has 0 spiro atoms.